The Morgan fingerprint density at radius 1 is 1.43 bits per heavy atom. The first-order valence-electron chi connectivity index (χ1n) is 7.09. The van der Waals surface area contributed by atoms with E-state index in [2.05, 4.69) is 0 Å². The molecule has 0 radical (unpaired) electrons. The van der Waals surface area contributed by atoms with Crippen LogP contribution in [-0.2, 0) is 11.3 Å². The smallest absolute Gasteiger partial charge is 0.410 e. The Kier molecular flexibility index (Phi) is 6.71. The summed E-state index contributed by atoms with van der Waals surface area (Å²) in [7, 11) is 0. The van der Waals surface area contributed by atoms with E-state index in [0.717, 1.165) is 5.56 Å². The number of carbonyl (C=O) groups is 2. The van der Waals surface area contributed by atoms with Crippen LogP contribution in [0.3, 0.4) is 0 Å². The maximum absolute atomic E-state index is 12.2. The molecule has 0 bridgehead atoms. The first kappa shape index (κ1) is 19.1. The molecule has 0 aliphatic carbocycles. The molecule has 2 rings (SSSR count). The summed E-state index contributed by atoms with van der Waals surface area (Å²) >= 11 is 0. The van der Waals surface area contributed by atoms with E-state index < -0.39 is 12.0 Å². The van der Waals surface area contributed by atoms with Gasteiger partial charge in [0.15, 0.2) is 0 Å². The van der Waals surface area contributed by atoms with Crippen LogP contribution >= 0.6 is 13.5 Å². The molecule has 1 atom stereocenters. The normalized spacial score (nSPS) is 16.6. The summed E-state index contributed by atoms with van der Waals surface area (Å²) in [5, 5.41) is 8.68. The number of nitrogens with zero attached hydrogens (tertiary/aromatic N) is 1. The highest BCUT2D eigenvalue weighted by molar-refractivity contribution is 7.59. The van der Waals surface area contributed by atoms with E-state index in [0.29, 0.717) is 18.9 Å². The van der Waals surface area contributed by atoms with Gasteiger partial charge in [-0.3, -0.25) is 14.9 Å². The summed E-state index contributed by atoms with van der Waals surface area (Å²) in [6.45, 7) is 6.09. The fourth-order valence-electron chi connectivity index (χ4n) is 2.18. The number of fused-ring (bicyclic) bond motifs is 1. The van der Waals surface area contributed by atoms with Crippen molar-refractivity contribution in [2.75, 3.05) is 6.61 Å². The zero-order valence-corrected chi connectivity index (χ0v) is 14.3. The molecule has 1 aromatic carbocycles. The van der Waals surface area contributed by atoms with Gasteiger partial charge in [0, 0.05) is 11.1 Å². The minimum atomic E-state index is -0.611. The van der Waals surface area contributed by atoms with E-state index >= 15 is 0 Å². The van der Waals surface area contributed by atoms with E-state index in [1.165, 1.54) is 0 Å². The minimum Gasteiger partial charge on any atom is -0.491 e. The monoisotopic (exact) mass is 342 g/mol. The van der Waals surface area contributed by atoms with Crippen molar-refractivity contribution in [1.82, 2.24) is 10.4 Å². The predicted molar refractivity (Wildman–Crippen MR) is 88.2 cm³/mol. The topological polar surface area (TPSA) is 88.1 Å². The third kappa shape index (κ3) is 4.52. The van der Waals surface area contributed by atoms with Crippen LogP contribution in [0.15, 0.2) is 18.2 Å². The molecule has 1 aromatic rings. The number of ether oxygens (including phenoxy) is 2. The third-order valence-electron chi connectivity index (χ3n) is 3.35. The molecular weight excluding hydrogens is 320 g/mol. The lowest BCUT2D eigenvalue weighted by Gasteiger charge is -2.26. The summed E-state index contributed by atoms with van der Waals surface area (Å²) in [5.74, 6) is -0.0902. The van der Waals surface area contributed by atoms with Crippen LogP contribution in [0, 0.1) is 0 Å². The highest BCUT2D eigenvalue weighted by Gasteiger charge is 2.27. The van der Waals surface area contributed by atoms with Gasteiger partial charge >= 0.3 is 6.09 Å². The van der Waals surface area contributed by atoms with Crippen molar-refractivity contribution in [1.29, 1.82) is 0 Å². The number of rotatable bonds is 2. The molecule has 1 aliphatic heterocycles. The molecule has 0 unspecified atom stereocenters. The van der Waals surface area contributed by atoms with E-state index in [1.54, 1.807) is 42.4 Å². The average molecular weight is 342 g/mol. The van der Waals surface area contributed by atoms with Gasteiger partial charge < -0.3 is 9.47 Å². The van der Waals surface area contributed by atoms with Gasteiger partial charge in [0.1, 0.15) is 12.4 Å². The van der Waals surface area contributed by atoms with Crippen LogP contribution in [0.25, 0.3) is 0 Å². The second kappa shape index (κ2) is 8.07. The quantitative estimate of drug-likeness (QED) is 0.634. The van der Waals surface area contributed by atoms with Gasteiger partial charge in [-0.2, -0.15) is 13.5 Å². The van der Waals surface area contributed by atoms with E-state index in [9.17, 15) is 9.59 Å². The second-order valence-electron chi connectivity index (χ2n) is 5.48. The summed E-state index contributed by atoms with van der Waals surface area (Å²) < 4.78 is 10.9. The molecule has 0 saturated heterocycles. The zero-order valence-electron chi connectivity index (χ0n) is 13.3. The SMILES string of the molecule is CC(C)OC(=O)N1Cc2ccc(C(=O)NO)cc2OC[C@@H]1C.S. The fraction of sp³-hybridized carbons (Fsp3) is 0.467. The summed E-state index contributed by atoms with van der Waals surface area (Å²) in [6.07, 6.45) is -0.588. The lowest BCUT2D eigenvalue weighted by atomic mass is 10.1. The third-order valence-corrected chi connectivity index (χ3v) is 3.35. The molecule has 8 heteroatoms. The second-order valence-corrected chi connectivity index (χ2v) is 5.48. The van der Waals surface area contributed by atoms with Gasteiger partial charge in [-0.25, -0.2) is 10.3 Å². The Hall–Kier alpha value is -1.93. The number of hydrogen-bond acceptors (Lipinski definition) is 5. The molecule has 2 amide bonds. The van der Waals surface area contributed by atoms with Crippen LogP contribution in [0.1, 0.15) is 36.7 Å². The van der Waals surface area contributed by atoms with Crippen molar-refractivity contribution in [3.05, 3.63) is 29.3 Å². The molecule has 0 saturated carbocycles. The molecule has 0 spiro atoms. The number of benzene rings is 1. The molecule has 128 valence electrons. The highest BCUT2D eigenvalue weighted by Crippen LogP contribution is 2.27. The molecule has 23 heavy (non-hydrogen) atoms. The van der Waals surface area contributed by atoms with E-state index in [4.69, 9.17) is 14.7 Å². The Morgan fingerprint density at radius 2 is 2.13 bits per heavy atom. The summed E-state index contributed by atoms with van der Waals surface area (Å²) in [6, 6.07) is 4.66. The molecule has 1 aliphatic rings. The van der Waals surface area contributed by atoms with Crippen LogP contribution in [-0.4, -0.2) is 40.9 Å². The van der Waals surface area contributed by atoms with Crippen molar-refractivity contribution in [2.45, 2.75) is 39.5 Å². The lowest BCUT2D eigenvalue weighted by molar-refractivity contribution is 0.0580. The van der Waals surface area contributed by atoms with Crippen molar-refractivity contribution in [2.24, 2.45) is 0 Å². The number of amides is 2. The van der Waals surface area contributed by atoms with Crippen molar-refractivity contribution in [3.8, 4) is 5.75 Å². The lowest BCUT2D eigenvalue weighted by Crippen LogP contribution is -2.41. The molecule has 7 nitrogen and oxygen atoms in total. The van der Waals surface area contributed by atoms with Crippen molar-refractivity contribution < 1.29 is 24.3 Å². The van der Waals surface area contributed by atoms with Crippen LogP contribution in [0.2, 0.25) is 0 Å². The maximum Gasteiger partial charge on any atom is 0.410 e. The van der Waals surface area contributed by atoms with Gasteiger partial charge in [-0.15, -0.1) is 0 Å². The highest BCUT2D eigenvalue weighted by atomic mass is 32.1. The summed E-state index contributed by atoms with van der Waals surface area (Å²) in [4.78, 5) is 25.2. The molecule has 2 N–H and O–H groups in total. The Morgan fingerprint density at radius 3 is 2.74 bits per heavy atom. The largest absolute Gasteiger partial charge is 0.491 e. The molecule has 0 fully saturated rings. The first-order chi connectivity index (χ1) is 10.4. The van der Waals surface area contributed by atoms with E-state index in [1.807, 2.05) is 6.92 Å². The fourth-order valence-corrected chi connectivity index (χ4v) is 2.18. The Labute approximate surface area is 142 Å². The molecular formula is C15H22N2O5S. The van der Waals surface area contributed by atoms with Crippen molar-refractivity contribution in [3.63, 3.8) is 0 Å². The maximum atomic E-state index is 12.2. The van der Waals surface area contributed by atoms with Crippen LogP contribution < -0.4 is 10.2 Å². The van der Waals surface area contributed by atoms with Gasteiger partial charge in [-0.1, -0.05) is 6.07 Å². The van der Waals surface area contributed by atoms with Gasteiger partial charge in [-0.05, 0) is 32.9 Å². The minimum absolute atomic E-state index is 0. The van der Waals surface area contributed by atoms with E-state index in [-0.39, 0.29) is 31.2 Å². The number of hydroxylamine groups is 1. The Bertz CT molecular complexity index is 579. The molecule has 0 aromatic heterocycles. The van der Waals surface area contributed by atoms with Gasteiger partial charge in [0.2, 0.25) is 0 Å². The first-order valence-corrected chi connectivity index (χ1v) is 7.09. The zero-order chi connectivity index (χ0) is 16.3. The summed E-state index contributed by atoms with van der Waals surface area (Å²) in [5.41, 5.74) is 2.64. The number of nitrogens with one attached hydrogen (secondary N) is 1. The standard InChI is InChI=1S/C15H20N2O5.H2S/c1-9(2)22-15(19)17-7-12-5-4-11(14(18)16-20)6-13(12)21-8-10(17)3;/h4-6,9-10,20H,7-8H2,1-3H3,(H,16,18);1H2/t10-;/m0./s1. The molecule has 1 heterocycles. The Balaban J connectivity index is 0.00000264. The number of carbonyl (C=O) groups excluding carboxylic acids is 2. The van der Waals surface area contributed by atoms with Crippen LogP contribution in [0.5, 0.6) is 5.75 Å². The predicted octanol–water partition coefficient (Wildman–Crippen LogP) is 2.05. The van der Waals surface area contributed by atoms with Gasteiger partial charge in [0.25, 0.3) is 5.91 Å². The average Bonchev–Trinajstić information content (AvgIpc) is 2.64. The number of hydrogen-bond donors (Lipinski definition) is 2. The van der Waals surface area contributed by atoms with Crippen molar-refractivity contribution >= 4 is 25.5 Å². The van der Waals surface area contributed by atoms with Crippen LogP contribution in [0.4, 0.5) is 4.79 Å². The van der Waals surface area contributed by atoms with Gasteiger partial charge in [0.05, 0.1) is 18.7 Å².